The number of allylic oxidation sites excluding steroid dienone is 1. The predicted octanol–water partition coefficient (Wildman–Crippen LogP) is 1.12. The Labute approximate surface area is 72.3 Å². The maximum atomic E-state index is 10.8. The van der Waals surface area contributed by atoms with Gasteiger partial charge in [0, 0.05) is 12.7 Å². The number of carbonyl (C=O) groups is 1. The van der Waals surface area contributed by atoms with Crippen molar-refractivity contribution in [3.05, 3.63) is 11.8 Å². The molecule has 0 aliphatic rings. The minimum atomic E-state index is -0.272. The molecule has 2 N–H and O–H groups in total. The molecule has 0 radical (unpaired) electrons. The zero-order valence-electron chi connectivity index (χ0n) is 7.35. The molecule has 0 rings (SSSR count). The quantitative estimate of drug-likeness (QED) is 0.619. The van der Waals surface area contributed by atoms with Gasteiger partial charge in [0.25, 0.3) is 0 Å². The van der Waals surface area contributed by atoms with Crippen LogP contribution in [0.4, 0.5) is 4.79 Å². The molecule has 0 fully saturated rings. The van der Waals surface area contributed by atoms with Crippen LogP contribution < -0.4 is 10.6 Å². The van der Waals surface area contributed by atoms with E-state index in [0.717, 1.165) is 5.57 Å². The van der Waals surface area contributed by atoms with E-state index >= 15 is 0 Å². The van der Waals surface area contributed by atoms with Crippen LogP contribution in [0.3, 0.4) is 0 Å². The van der Waals surface area contributed by atoms with Crippen molar-refractivity contribution < 1.29 is 4.79 Å². The van der Waals surface area contributed by atoms with Gasteiger partial charge < -0.3 is 10.6 Å². The number of carbonyl (C=O) groups excluding carboxylic acids is 1. The lowest BCUT2D eigenvalue weighted by molar-refractivity contribution is 0.244. The van der Waals surface area contributed by atoms with E-state index in [9.17, 15) is 4.79 Å². The fraction of sp³-hybridized carbons (Fsp3) is 0.500. The summed E-state index contributed by atoms with van der Waals surface area (Å²) in [7, 11) is 0. The highest BCUT2D eigenvalue weighted by molar-refractivity contribution is 5.74. The van der Waals surface area contributed by atoms with Crippen LogP contribution in [0.15, 0.2) is 11.8 Å². The Morgan fingerprint density at radius 1 is 1.58 bits per heavy atom. The molecule has 0 aliphatic carbocycles. The molecule has 0 aromatic carbocycles. The van der Waals surface area contributed by atoms with Crippen LogP contribution in [0.5, 0.6) is 0 Å². The summed E-state index contributed by atoms with van der Waals surface area (Å²) in [6.07, 6.45) is 1.95. The number of nitrogens with zero attached hydrogens (tertiary/aromatic N) is 1. The number of hydrogen-bond donors (Lipinski definition) is 2. The summed E-state index contributed by atoms with van der Waals surface area (Å²) >= 11 is 0. The highest BCUT2D eigenvalue weighted by Crippen LogP contribution is 1.83. The molecule has 4 heteroatoms. The molecule has 0 aromatic rings. The van der Waals surface area contributed by atoms with E-state index in [1.54, 1.807) is 6.20 Å². The standard InChI is InChI=1S/C8H13N3O/c1-7(2)6-11-8(12)10-5-3-4-9/h6H,3,5H2,1-2H3,(H2,10,11,12). The van der Waals surface area contributed by atoms with E-state index in [0.29, 0.717) is 13.0 Å². The second-order valence-electron chi connectivity index (χ2n) is 2.53. The van der Waals surface area contributed by atoms with Crippen LogP contribution in [0, 0.1) is 11.3 Å². The van der Waals surface area contributed by atoms with Gasteiger partial charge in [-0.2, -0.15) is 5.26 Å². The highest BCUT2D eigenvalue weighted by Gasteiger charge is 1.93. The van der Waals surface area contributed by atoms with Crippen molar-refractivity contribution in [2.45, 2.75) is 20.3 Å². The Morgan fingerprint density at radius 2 is 2.25 bits per heavy atom. The van der Waals surface area contributed by atoms with Gasteiger partial charge >= 0.3 is 6.03 Å². The molecule has 66 valence electrons. The zero-order chi connectivity index (χ0) is 9.40. The van der Waals surface area contributed by atoms with E-state index in [2.05, 4.69) is 10.6 Å². The number of amides is 2. The first kappa shape index (κ1) is 10.5. The van der Waals surface area contributed by atoms with Gasteiger partial charge in [-0.3, -0.25) is 0 Å². The second kappa shape index (κ2) is 6.23. The van der Waals surface area contributed by atoms with E-state index in [-0.39, 0.29) is 6.03 Å². The number of urea groups is 1. The van der Waals surface area contributed by atoms with E-state index < -0.39 is 0 Å². The van der Waals surface area contributed by atoms with Gasteiger partial charge in [-0.15, -0.1) is 0 Å². The fourth-order valence-corrected chi connectivity index (χ4v) is 0.493. The number of hydrogen-bond acceptors (Lipinski definition) is 2. The van der Waals surface area contributed by atoms with Crippen molar-refractivity contribution in [3.8, 4) is 6.07 Å². The Kier molecular flexibility index (Phi) is 5.45. The SMILES string of the molecule is CC(C)=CNC(=O)NCCC#N. The highest BCUT2D eigenvalue weighted by atomic mass is 16.2. The predicted molar refractivity (Wildman–Crippen MR) is 46.2 cm³/mol. The number of rotatable bonds is 3. The van der Waals surface area contributed by atoms with Crippen molar-refractivity contribution >= 4 is 6.03 Å². The van der Waals surface area contributed by atoms with Crippen LogP contribution in [0.25, 0.3) is 0 Å². The van der Waals surface area contributed by atoms with Gasteiger partial charge in [-0.25, -0.2) is 4.79 Å². The topological polar surface area (TPSA) is 64.9 Å². The Balaban J connectivity index is 3.49. The van der Waals surface area contributed by atoms with E-state index in [1.807, 2.05) is 19.9 Å². The molecule has 0 aliphatic heterocycles. The average Bonchev–Trinajstić information content (AvgIpc) is 2.01. The van der Waals surface area contributed by atoms with Crippen molar-refractivity contribution in [2.24, 2.45) is 0 Å². The molecule has 0 heterocycles. The van der Waals surface area contributed by atoms with Gasteiger partial charge in [0.05, 0.1) is 12.5 Å². The number of nitrogens with one attached hydrogen (secondary N) is 2. The van der Waals surface area contributed by atoms with Crippen LogP contribution in [-0.2, 0) is 0 Å². The first-order valence-electron chi connectivity index (χ1n) is 3.71. The van der Waals surface area contributed by atoms with Crippen molar-refractivity contribution in [1.82, 2.24) is 10.6 Å². The molecular formula is C8H13N3O. The van der Waals surface area contributed by atoms with Gasteiger partial charge in [-0.05, 0) is 13.8 Å². The average molecular weight is 167 g/mol. The molecule has 4 nitrogen and oxygen atoms in total. The second-order valence-corrected chi connectivity index (χ2v) is 2.53. The van der Waals surface area contributed by atoms with Gasteiger partial charge in [0.15, 0.2) is 0 Å². The molecule has 0 bridgehead atoms. The third-order valence-electron chi connectivity index (χ3n) is 1.01. The monoisotopic (exact) mass is 167 g/mol. The molecule has 0 unspecified atom stereocenters. The molecule has 0 aromatic heterocycles. The molecule has 12 heavy (non-hydrogen) atoms. The summed E-state index contributed by atoms with van der Waals surface area (Å²) in [5.74, 6) is 0. The molecular weight excluding hydrogens is 154 g/mol. The zero-order valence-corrected chi connectivity index (χ0v) is 7.35. The smallest absolute Gasteiger partial charge is 0.318 e. The van der Waals surface area contributed by atoms with Crippen molar-refractivity contribution in [1.29, 1.82) is 5.26 Å². The normalized spacial score (nSPS) is 8.08. The summed E-state index contributed by atoms with van der Waals surface area (Å²) in [5, 5.41) is 13.2. The summed E-state index contributed by atoms with van der Waals surface area (Å²) < 4.78 is 0. The first-order valence-corrected chi connectivity index (χ1v) is 3.71. The summed E-state index contributed by atoms with van der Waals surface area (Å²) in [5.41, 5.74) is 1.02. The lowest BCUT2D eigenvalue weighted by Gasteiger charge is -2.01. The minimum Gasteiger partial charge on any atom is -0.337 e. The van der Waals surface area contributed by atoms with Crippen LogP contribution in [-0.4, -0.2) is 12.6 Å². The minimum absolute atomic E-state index is 0.272. The Hall–Kier alpha value is -1.50. The van der Waals surface area contributed by atoms with Gasteiger partial charge in [0.2, 0.25) is 0 Å². The van der Waals surface area contributed by atoms with Crippen molar-refractivity contribution in [3.63, 3.8) is 0 Å². The van der Waals surface area contributed by atoms with Crippen LogP contribution in [0.1, 0.15) is 20.3 Å². The van der Waals surface area contributed by atoms with Gasteiger partial charge in [0.1, 0.15) is 0 Å². The van der Waals surface area contributed by atoms with Crippen LogP contribution >= 0.6 is 0 Å². The fourth-order valence-electron chi connectivity index (χ4n) is 0.493. The first-order chi connectivity index (χ1) is 5.66. The lowest BCUT2D eigenvalue weighted by atomic mass is 10.4. The Bertz CT molecular complexity index is 211. The van der Waals surface area contributed by atoms with E-state index in [1.165, 1.54) is 0 Å². The third-order valence-corrected chi connectivity index (χ3v) is 1.01. The largest absolute Gasteiger partial charge is 0.337 e. The van der Waals surface area contributed by atoms with E-state index in [4.69, 9.17) is 5.26 Å². The molecule has 0 spiro atoms. The summed E-state index contributed by atoms with van der Waals surface area (Å²) in [6.45, 7) is 4.16. The van der Waals surface area contributed by atoms with Crippen molar-refractivity contribution in [2.75, 3.05) is 6.54 Å². The molecule has 0 saturated heterocycles. The maximum absolute atomic E-state index is 10.8. The molecule has 0 atom stereocenters. The summed E-state index contributed by atoms with van der Waals surface area (Å²) in [6, 6.07) is 1.66. The molecule has 2 amide bonds. The van der Waals surface area contributed by atoms with Gasteiger partial charge in [-0.1, -0.05) is 5.57 Å². The van der Waals surface area contributed by atoms with Crippen LogP contribution in [0.2, 0.25) is 0 Å². The maximum Gasteiger partial charge on any atom is 0.318 e. The lowest BCUT2D eigenvalue weighted by Crippen LogP contribution is -2.32. The number of nitriles is 1. The Morgan fingerprint density at radius 3 is 2.75 bits per heavy atom. The molecule has 0 saturated carbocycles. The third kappa shape index (κ3) is 6.62. The summed E-state index contributed by atoms with van der Waals surface area (Å²) in [4.78, 5) is 10.8.